The molecule has 0 amide bonds. The van der Waals surface area contributed by atoms with Crippen LogP contribution in [0.4, 0.5) is 17.1 Å². The zero-order chi connectivity index (χ0) is 30.0. The van der Waals surface area contributed by atoms with Crippen LogP contribution in [0.1, 0.15) is 0 Å². The van der Waals surface area contributed by atoms with Crippen molar-refractivity contribution in [2.45, 2.75) is 0 Å². The highest BCUT2D eigenvalue weighted by Gasteiger charge is 2.15. The zero-order valence-corrected chi connectivity index (χ0v) is 24.8. The number of benzene rings is 8. The maximum atomic E-state index is 2.36. The predicted octanol–water partition coefficient (Wildman–Crippen LogP) is 12.5. The van der Waals surface area contributed by atoms with E-state index in [1.165, 1.54) is 54.9 Å². The van der Waals surface area contributed by atoms with E-state index < -0.39 is 0 Å². The van der Waals surface area contributed by atoms with E-state index in [1.54, 1.807) is 0 Å². The molecule has 45 heavy (non-hydrogen) atoms. The summed E-state index contributed by atoms with van der Waals surface area (Å²) in [5, 5.41) is 4.97. The monoisotopic (exact) mass is 573 g/mol. The first-order valence-electron chi connectivity index (χ1n) is 15.4. The first-order valence-corrected chi connectivity index (χ1v) is 15.4. The van der Waals surface area contributed by atoms with Crippen molar-refractivity contribution >= 4 is 38.6 Å². The number of hydrogen-bond acceptors (Lipinski definition) is 1. The Morgan fingerprint density at radius 3 is 1.60 bits per heavy atom. The van der Waals surface area contributed by atoms with E-state index in [2.05, 4.69) is 193 Å². The summed E-state index contributed by atoms with van der Waals surface area (Å²) in [5.41, 5.74) is 10.7. The fourth-order valence-corrected chi connectivity index (χ4v) is 6.35. The molecule has 8 aromatic carbocycles. The molecule has 0 heterocycles. The van der Waals surface area contributed by atoms with Crippen molar-refractivity contribution in [1.29, 1.82) is 0 Å². The normalized spacial score (nSPS) is 11.1. The van der Waals surface area contributed by atoms with Gasteiger partial charge in [-0.3, -0.25) is 0 Å². The number of nitrogens with zero attached hydrogens (tertiary/aromatic N) is 1. The van der Waals surface area contributed by atoms with E-state index in [1.807, 2.05) is 0 Å². The lowest BCUT2D eigenvalue weighted by atomic mass is 9.96. The molecule has 0 fully saturated rings. The van der Waals surface area contributed by atoms with E-state index in [0.29, 0.717) is 0 Å². The number of hydrogen-bond donors (Lipinski definition) is 0. The van der Waals surface area contributed by atoms with Gasteiger partial charge in [0, 0.05) is 17.1 Å². The van der Waals surface area contributed by atoms with Crippen LogP contribution in [0.2, 0.25) is 0 Å². The van der Waals surface area contributed by atoms with Gasteiger partial charge in [-0.05, 0) is 97.4 Å². The Morgan fingerprint density at radius 2 is 0.800 bits per heavy atom. The van der Waals surface area contributed by atoms with Crippen molar-refractivity contribution in [3.05, 3.63) is 188 Å². The fraction of sp³-hybridized carbons (Fsp3) is 0. The van der Waals surface area contributed by atoms with Gasteiger partial charge in [0.2, 0.25) is 0 Å². The lowest BCUT2D eigenvalue weighted by Crippen LogP contribution is -2.10. The third-order valence-electron chi connectivity index (χ3n) is 8.63. The van der Waals surface area contributed by atoms with Crippen LogP contribution < -0.4 is 4.90 Å². The Labute approximate surface area is 264 Å². The second kappa shape index (κ2) is 11.6. The van der Waals surface area contributed by atoms with Crippen molar-refractivity contribution in [3.63, 3.8) is 0 Å². The molecule has 0 saturated heterocycles. The maximum absolute atomic E-state index is 2.36. The van der Waals surface area contributed by atoms with Crippen molar-refractivity contribution < 1.29 is 0 Å². The van der Waals surface area contributed by atoms with E-state index in [9.17, 15) is 0 Å². The molecule has 8 aromatic rings. The lowest BCUT2D eigenvalue weighted by molar-refractivity contribution is 1.29. The average Bonchev–Trinajstić information content (AvgIpc) is 3.12. The molecule has 8 rings (SSSR count). The molecule has 0 saturated carbocycles. The standard InChI is InChI=1S/C44H31N/c1-3-11-32(12-4-1)34-23-26-40(27-24-34)45(41-18-9-17-36(30-41)33-13-5-2-6-14-33)42-28-25-37-29-39(22-21-38(37)31-42)44-20-10-16-35-15-7-8-19-43(35)44/h1-31H. The van der Waals surface area contributed by atoms with Gasteiger partial charge in [-0.2, -0.15) is 0 Å². The van der Waals surface area contributed by atoms with Crippen molar-refractivity contribution in [2.75, 3.05) is 4.90 Å². The molecule has 0 atom stereocenters. The predicted molar refractivity (Wildman–Crippen MR) is 192 cm³/mol. The van der Waals surface area contributed by atoms with Gasteiger partial charge >= 0.3 is 0 Å². The van der Waals surface area contributed by atoms with Crippen molar-refractivity contribution in [3.8, 4) is 33.4 Å². The minimum Gasteiger partial charge on any atom is -0.310 e. The van der Waals surface area contributed by atoms with E-state index in [-0.39, 0.29) is 0 Å². The Morgan fingerprint density at radius 1 is 0.267 bits per heavy atom. The van der Waals surface area contributed by atoms with Crippen LogP contribution in [0.15, 0.2) is 188 Å². The summed E-state index contributed by atoms with van der Waals surface area (Å²) in [6, 6.07) is 67.7. The van der Waals surface area contributed by atoms with Crippen LogP contribution in [-0.4, -0.2) is 0 Å². The fourth-order valence-electron chi connectivity index (χ4n) is 6.35. The SMILES string of the molecule is c1ccc(-c2ccc(N(c3cccc(-c4ccccc4)c3)c3ccc4cc(-c5cccc6ccccc56)ccc4c3)cc2)cc1. The molecule has 0 bridgehead atoms. The highest BCUT2D eigenvalue weighted by molar-refractivity contribution is 6.00. The Kier molecular flexibility index (Phi) is 6.90. The smallest absolute Gasteiger partial charge is 0.0468 e. The van der Waals surface area contributed by atoms with Gasteiger partial charge in [-0.15, -0.1) is 0 Å². The van der Waals surface area contributed by atoms with Crippen LogP contribution in [0.5, 0.6) is 0 Å². The molecule has 0 aromatic heterocycles. The Hall–Kier alpha value is -5.92. The zero-order valence-electron chi connectivity index (χ0n) is 24.8. The molecule has 0 aliphatic heterocycles. The third kappa shape index (κ3) is 5.26. The van der Waals surface area contributed by atoms with E-state index in [0.717, 1.165) is 17.1 Å². The summed E-state index contributed by atoms with van der Waals surface area (Å²) in [6.07, 6.45) is 0. The number of anilines is 3. The molecule has 0 spiro atoms. The minimum atomic E-state index is 1.12. The molecule has 0 aliphatic carbocycles. The van der Waals surface area contributed by atoms with E-state index in [4.69, 9.17) is 0 Å². The molecule has 1 nitrogen and oxygen atoms in total. The molecule has 0 aliphatic rings. The highest BCUT2D eigenvalue weighted by atomic mass is 15.1. The second-order valence-corrected chi connectivity index (χ2v) is 11.4. The quantitative estimate of drug-likeness (QED) is 0.191. The number of fused-ring (bicyclic) bond motifs is 2. The van der Waals surface area contributed by atoms with Crippen LogP contribution in [0.25, 0.3) is 54.9 Å². The summed E-state index contributed by atoms with van der Waals surface area (Å²) in [4.78, 5) is 2.36. The molecule has 0 radical (unpaired) electrons. The molecule has 212 valence electrons. The summed E-state index contributed by atoms with van der Waals surface area (Å²) in [6.45, 7) is 0. The van der Waals surface area contributed by atoms with Crippen molar-refractivity contribution in [2.24, 2.45) is 0 Å². The van der Waals surface area contributed by atoms with Gasteiger partial charge in [-0.25, -0.2) is 0 Å². The van der Waals surface area contributed by atoms with Crippen molar-refractivity contribution in [1.82, 2.24) is 0 Å². The maximum Gasteiger partial charge on any atom is 0.0468 e. The molecule has 0 unspecified atom stereocenters. The van der Waals surface area contributed by atoms with Crippen LogP contribution in [0, 0.1) is 0 Å². The first-order chi connectivity index (χ1) is 22.3. The summed E-state index contributed by atoms with van der Waals surface area (Å²) in [7, 11) is 0. The van der Waals surface area contributed by atoms with Gasteiger partial charge in [-0.1, -0.05) is 146 Å². The van der Waals surface area contributed by atoms with Crippen LogP contribution in [-0.2, 0) is 0 Å². The lowest BCUT2D eigenvalue weighted by Gasteiger charge is -2.26. The van der Waals surface area contributed by atoms with Crippen LogP contribution in [0.3, 0.4) is 0 Å². The Bertz CT molecular complexity index is 2250. The summed E-state index contributed by atoms with van der Waals surface area (Å²) >= 11 is 0. The number of rotatable bonds is 6. The van der Waals surface area contributed by atoms with E-state index >= 15 is 0 Å². The largest absolute Gasteiger partial charge is 0.310 e. The molecular formula is C44H31N. The molecule has 1 heteroatoms. The summed E-state index contributed by atoms with van der Waals surface area (Å²) < 4.78 is 0. The van der Waals surface area contributed by atoms with Gasteiger partial charge < -0.3 is 4.90 Å². The second-order valence-electron chi connectivity index (χ2n) is 11.4. The average molecular weight is 574 g/mol. The Balaban J connectivity index is 1.23. The highest BCUT2D eigenvalue weighted by Crippen LogP contribution is 2.39. The third-order valence-corrected chi connectivity index (χ3v) is 8.63. The molecular weight excluding hydrogens is 542 g/mol. The van der Waals surface area contributed by atoms with Gasteiger partial charge in [0.1, 0.15) is 0 Å². The first kappa shape index (κ1) is 26.7. The molecule has 0 N–H and O–H groups in total. The van der Waals surface area contributed by atoms with Crippen LogP contribution >= 0.6 is 0 Å². The van der Waals surface area contributed by atoms with Gasteiger partial charge in [0.25, 0.3) is 0 Å². The van der Waals surface area contributed by atoms with Gasteiger partial charge in [0.15, 0.2) is 0 Å². The minimum absolute atomic E-state index is 1.12. The summed E-state index contributed by atoms with van der Waals surface area (Å²) in [5.74, 6) is 0. The topological polar surface area (TPSA) is 3.24 Å². The van der Waals surface area contributed by atoms with Gasteiger partial charge in [0.05, 0.1) is 0 Å².